The molecule has 0 bridgehead atoms. The number of rotatable bonds is 7. The molecule has 25 heavy (non-hydrogen) atoms. The third-order valence-electron chi connectivity index (χ3n) is 3.97. The van der Waals surface area contributed by atoms with Gasteiger partial charge in [0.05, 0.1) is 10.6 Å². The zero-order valence-corrected chi connectivity index (χ0v) is 16.5. The van der Waals surface area contributed by atoms with Gasteiger partial charge in [-0.1, -0.05) is 31.5 Å². The predicted molar refractivity (Wildman–Crippen MR) is 97.6 cm³/mol. The minimum atomic E-state index is -3.85. The fraction of sp³-hybridized carbons (Fsp3) is 0.412. The van der Waals surface area contributed by atoms with E-state index < -0.39 is 20.0 Å². The molecule has 2 rings (SSSR count). The van der Waals surface area contributed by atoms with Gasteiger partial charge in [0.1, 0.15) is 4.90 Å². The highest BCUT2D eigenvalue weighted by Crippen LogP contribution is 2.25. The van der Waals surface area contributed by atoms with Crippen LogP contribution in [0, 0.1) is 13.8 Å². The summed E-state index contributed by atoms with van der Waals surface area (Å²) in [6.07, 6.45) is 1.56. The van der Waals surface area contributed by atoms with Gasteiger partial charge in [-0.3, -0.25) is 0 Å². The molecular formula is C17H24N2O4S2. The van der Waals surface area contributed by atoms with Gasteiger partial charge in [-0.15, -0.1) is 0 Å². The molecule has 0 saturated carbocycles. The van der Waals surface area contributed by atoms with Gasteiger partial charge in [-0.05, 0) is 45.4 Å². The number of hydrogen-bond acceptors (Lipinski definition) is 4. The topological polar surface area (TPSA) is 85.2 Å². The van der Waals surface area contributed by atoms with E-state index in [0.717, 1.165) is 10.4 Å². The molecule has 0 aliphatic heterocycles. The molecular weight excluding hydrogens is 360 g/mol. The lowest BCUT2D eigenvalue weighted by molar-refractivity contribution is 0.543. The van der Waals surface area contributed by atoms with E-state index in [4.69, 9.17) is 0 Å². The molecule has 1 heterocycles. The average Bonchev–Trinajstić information content (AvgIpc) is 2.84. The summed E-state index contributed by atoms with van der Waals surface area (Å²) in [6, 6.07) is 9.15. The number of sulfonamides is 1. The molecule has 0 spiro atoms. The molecule has 0 fully saturated rings. The molecule has 0 amide bonds. The second-order valence-electron chi connectivity index (χ2n) is 6.13. The number of hydrogen-bond donors (Lipinski definition) is 1. The highest BCUT2D eigenvalue weighted by atomic mass is 32.2. The Kier molecular flexibility index (Phi) is 5.75. The smallest absolute Gasteiger partial charge is 0.242 e. The van der Waals surface area contributed by atoms with Crippen molar-refractivity contribution in [3.8, 4) is 0 Å². The van der Waals surface area contributed by atoms with E-state index in [2.05, 4.69) is 4.72 Å². The first-order chi connectivity index (χ1) is 11.6. The molecule has 1 atom stereocenters. The summed E-state index contributed by atoms with van der Waals surface area (Å²) < 4.78 is 54.8. The lowest BCUT2D eigenvalue weighted by Gasteiger charge is -2.14. The second-order valence-corrected chi connectivity index (χ2v) is 9.60. The zero-order valence-electron chi connectivity index (χ0n) is 14.9. The summed E-state index contributed by atoms with van der Waals surface area (Å²) in [5.41, 5.74) is 0.530. The molecule has 1 N–H and O–H groups in total. The Hall–Kier alpha value is -1.64. The molecule has 0 radical (unpaired) electrons. The van der Waals surface area contributed by atoms with Gasteiger partial charge >= 0.3 is 0 Å². The SMILES string of the molecule is CCC[C@H](C)NS(=O)(=O)c1cc(C)n(S(=O)(=O)c2ccccc2)c1C. The van der Waals surface area contributed by atoms with Crippen LogP contribution in [-0.4, -0.2) is 26.8 Å². The standard InChI is InChI=1S/C17H24N2O4S2/c1-5-9-13(2)18-24(20,21)17-12-14(3)19(15(17)4)25(22,23)16-10-7-6-8-11-16/h6-8,10-13,18H,5,9H2,1-4H3/t13-/m0/s1. The van der Waals surface area contributed by atoms with E-state index >= 15 is 0 Å². The fourth-order valence-electron chi connectivity index (χ4n) is 2.88. The summed E-state index contributed by atoms with van der Waals surface area (Å²) in [5, 5.41) is 0. The molecule has 0 unspecified atom stereocenters. The lowest BCUT2D eigenvalue weighted by atomic mass is 10.2. The van der Waals surface area contributed by atoms with Gasteiger partial charge < -0.3 is 0 Å². The number of aryl methyl sites for hydroxylation is 1. The molecule has 0 aliphatic carbocycles. The van der Waals surface area contributed by atoms with Crippen LogP contribution in [0.4, 0.5) is 0 Å². The first-order valence-electron chi connectivity index (χ1n) is 8.13. The molecule has 2 aromatic rings. The summed E-state index contributed by atoms with van der Waals surface area (Å²) in [4.78, 5) is 0.112. The maximum Gasteiger partial charge on any atom is 0.268 e. The number of nitrogens with one attached hydrogen (secondary N) is 1. The van der Waals surface area contributed by atoms with E-state index in [1.165, 1.54) is 25.1 Å². The van der Waals surface area contributed by atoms with Crippen molar-refractivity contribution in [3.63, 3.8) is 0 Å². The van der Waals surface area contributed by atoms with Crippen LogP contribution >= 0.6 is 0 Å². The Morgan fingerprint density at radius 1 is 1.08 bits per heavy atom. The Balaban J connectivity index is 2.52. The van der Waals surface area contributed by atoms with Gasteiger partial charge in [0.25, 0.3) is 10.0 Å². The van der Waals surface area contributed by atoms with Gasteiger partial charge in [-0.2, -0.15) is 0 Å². The van der Waals surface area contributed by atoms with Crippen molar-refractivity contribution in [2.45, 2.75) is 56.4 Å². The minimum Gasteiger partial charge on any atom is -0.242 e. The quantitative estimate of drug-likeness (QED) is 0.795. The second kappa shape index (κ2) is 7.31. The Morgan fingerprint density at radius 3 is 2.24 bits per heavy atom. The van der Waals surface area contributed by atoms with E-state index in [1.807, 2.05) is 6.92 Å². The van der Waals surface area contributed by atoms with Crippen molar-refractivity contribution < 1.29 is 16.8 Å². The van der Waals surface area contributed by atoms with Gasteiger partial charge in [0.15, 0.2) is 0 Å². The molecule has 1 aromatic heterocycles. The highest BCUT2D eigenvalue weighted by molar-refractivity contribution is 7.90. The normalized spacial score (nSPS) is 13.8. The van der Waals surface area contributed by atoms with Crippen LogP contribution in [-0.2, 0) is 20.0 Å². The van der Waals surface area contributed by atoms with Crippen molar-refractivity contribution in [3.05, 3.63) is 47.8 Å². The molecule has 138 valence electrons. The van der Waals surface area contributed by atoms with Crippen LogP contribution in [0.3, 0.4) is 0 Å². The van der Waals surface area contributed by atoms with E-state index in [1.54, 1.807) is 32.0 Å². The summed E-state index contributed by atoms with van der Waals surface area (Å²) in [6.45, 7) is 6.86. The van der Waals surface area contributed by atoms with Gasteiger partial charge in [0, 0.05) is 11.7 Å². The van der Waals surface area contributed by atoms with E-state index in [-0.39, 0.29) is 21.5 Å². The van der Waals surface area contributed by atoms with Crippen LogP contribution in [0.2, 0.25) is 0 Å². The molecule has 0 aliphatic rings. The van der Waals surface area contributed by atoms with Crippen molar-refractivity contribution >= 4 is 20.0 Å². The van der Waals surface area contributed by atoms with Crippen molar-refractivity contribution in [1.29, 1.82) is 0 Å². The van der Waals surface area contributed by atoms with Crippen molar-refractivity contribution in [1.82, 2.24) is 8.69 Å². The van der Waals surface area contributed by atoms with Crippen LogP contribution in [0.15, 0.2) is 46.2 Å². The average molecular weight is 385 g/mol. The lowest BCUT2D eigenvalue weighted by Crippen LogP contribution is -2.32. The minimum absolute atomic E-state index is 0.00698. The van der Waals surface area contributed by atoms with Gasteiger partial charge in [0.2, 0.25) is 10.0 Å². The summed E-state index contributed by atoms with van der Waals surface area (Å²) in [7, 11) is -7.65. The highest BCUT2D eigenvalue weighted by Gasteiger charge is 2.28. The van der Waals surface area contributed by atoms with Crippen LogP contribution < -0.4 is 4.72 Å². The third-order valence-corrected chi connectivity index (χ3v) is 7.59. The molecule has 8 heteroatoms. The largest absolute Gasteiger partial charge is 0.268 e. The Morgan fingerprint density at radius 2 is 1.68 bits per heavy atom. The molecule has 0 saturated heterocycles. The Labute approximate surface area is 150 Å². The Bertz CT molecular complexity index is 946. The number of benzene rings is 1. The first kappa shape index (κ1) is 19.7. The van der Waals surface area contributed by atoms with Crippen molar-refractivity contribution in [2.75, 3.05) is 0 Å². The van der Waals surface area contributed by atoms with Gasteiger partial charge in [-0.25, -0.2) is 25.5 Å². The van der Waals surface area contributed by atoms with Crippen LogP contribution in [0.1, 0.15) is 38.1 Å². The summed E-state index contributed by atoms with van der Waals surface area (Å²) >= 11 is 0. The number of nitrogens with zero attached hydrogens (tertiary/aromatic N) is 1. The molecule has 1 aromatic carbocycles. The third kappa shape index (κ3) is 3.96. The fourth-order valence-corrected chi connectivity index (χ4v) is 6.12. The maximum absolute atomic E-state index is 12.9. The zero-order chi connectivity index (χ0) is 18.8. The van der Waals surface area contributed by atoms with E-state index in [0.29, 0.717) is 12.1 Å². The van der Waals surface area contributed by atoms with Crippen LogP contribution in [0.5, 0.6) is 0 Å². The predicted octanol–water partition coefficient (Wildman–Crippen LogP) is 2.81. The number of aromatic nitrogens is 1. The maximum atomic E-state index is 12.9. The van der Waals surface area contributed by atoms with Crippen LogP contribution in [0.25, 0.3) is 0 Å². The molecule has 6 nitrogen and oxygen atoms in total. The van der Waals surface area contributed by atoms with Crippen molar-refractivity contribution in [2.24, 2.45) is 0 Å². The summed E-state index contributed by atoms with van der Waals surface area (Å²) in [5.74, 6) is 0. The van der Waals surface area contributed by atoms with E-state index in [9.17, 15) is 16.8 Å². The first-order valence-corrected chi connectivity index (χ1v) is 11.1. The monoisotopic (exact) mass is 384 g/mol.